The van der Waals surface area contributed by atoms with Crippen molar-refractivity contribution in [1.29, 1.82) is 0 Å². The van der Waals surface area contributed by atoms with Gasteiger partial charge in [-0.25, -0.2) is 9.97 Å². The summed E-state index contributed by atoms with van der Waals surface area (Å²) in [6, 6.07) is 0. The highest BCUT2D eigenvalue weighted by atomic mass is 16.2. The first-order chi connectivity index (χ1) is 4.88. The number of aromatic nitrogens is 4. The van der Waals surface area contributed by atoms with Gasteiger partial charge in [0.05, 0.1) is 12.7 Å². The maximum absolute atomic E-state index is 10.9. The van der Waals surface area contributed by atoms with Crippen LogP contribution in [0.1, 0.15) is 0 Å². The summed E-state index contributed by atoms with van der Waals surface area (Å²) in [5, 5.41) is 0. The molecule has 0 radical (unpaired) electrons. The molecular formula is C5H4N4O. The monoisotopic (exact) mass is 137 g/mol. The number of aromatic amines is 2. The van der Waals surface area contributed by atoms with Crippen LogP contribution in [0.15, 0.2) is 17.4 Å². The highest BCUT2D eigenvalue weighted by Gasteiger charge is 1.97. The highest BCUT2D eigenvalue weighted by molar-refractivity contribution is 5.67. The van der Waals surface area contributed by atoms with Gasteiger partial charge in [-0.3, -0.25) is 4.79 Å². The summed E-state index contributed by atoms with van der Waals surface area (Å²) in [7, 11) is 0. The van der Waals surface area contributed by atoms with Gasteiger partial charge >= 0.3 is 0 Å². The molecule has 0 bridgehead atoms. The van der Waals surface area contributed by atoms with E-state index in [9.17, 15) is 4.79 Å². The molecule has 0 aliphatic carbocycles. The molecule has 2 heterocycles. The lowest BCUT2D eigenvalue weighted by Gasteiger charge is -1.81. The average molecular weight is 137 g/mol. The second-order valence-corrected chi connectivity index (χ2v) is 1.83. The zero-order valence-corrected chi connectivity index (χ0v) is 4.96. The SMILES string of the molecule is O=c1[15nH]c[14n]c2nc[nH]c12. The van der Waals surface area contributed by atoms with Gasteiger partial charge < -0.3 is 9.97 Å². The van der Waals surface area contributed by atoms with E-state index in [-0.39, 0.29) is 5.56 Å². The second-order valence-electron chi connectivity index (χ2n) is 1.83. The molecule has 0 spiro atoms. The van der Waals surface area contributed by atoms with E-state index in [1.54, 1.807) is 0 Å². The van der Waals surface area contributed by atoms with Gasteiger partial charge in [-0.15, -0.1) is 0 Å². The van der Waals surface area contributed by atoms with Gasteiger partial charge in [0.15, 0.2) is 11.2 Å². The first kappa shape index (κ1) is 5.16. The zero-order valence-electron chi connectivity index (χ0n) is 4.96. The molecule has 0 atom stereocenters. The molecule has 2 aromatic rings. The third-order valence-electron chi connectivity index (χ3n) is 1.23. The first-order valence-electron chi connectivity index (χ1n) is 2.75. The average Bonchev–Trinajstić information content (AvgIpc) is 2.36. The van der Waals surface area contributed by atoms with E-state index in [0.29, 0.717) is 11.2 Å². The van der Waals surface area contributed by atoms with Crippen molar-refractivity contribution in [3.05, 3.63) is 23.0 Å². The molecule has 0 unspecified atom stereocenters. The Hall–Kier alpha value is -1.65. The Morgan fingerprint density at radius 1 is 1.20 bits per heavy atom. The quantitative estimate of drug-likeness (QED) is 0.521. The molecule has 0 amide bonds. The normalized spacial score (nSPS) is 10.4. The van der Waals surface area contributed by atoms with Crippen LogP contribution < -0.4 is 5.56 Å². The van der Waals surface area contributed by atoms with Crippen molar-refractivity contribution in [1.82, 2.24) is 19.9 Å². The molecule has 0 aliphatic heterocycles. The van der Waals surface area contributed by atoms with Crippen LogP contribution in [0.2, 0.25) is 0 Å². The Morgan fingerprint density at radius 2 is 1.90 bits per heavy atom. The van der Waals surface area contributed by atoms with Gasteiger partial charge in [-0.1, -0.05) is 0 Å². The molecule has 0 fully saturated rings. The third kappa shape index (κ3) is 0.540. The molecule has 0 saturated heterocycles. The van der Waals surface area contributed by atoms with E-state index in [1.165, 1.54) is 12.7 Å². The van der Waals surface area contributed by atoms with Gasteiger partial charge in [-0.2, -0.15) is 0 Å². The number of hydrogen-bond donors (Lipinski definition) is 2. The standard InChI is InChI=1S/C5H4N4O/c10-5-3-4(7-1-6-3)8-2-9-5/h1-2H,(H2,6,7,8,9,10)/i8+0,9+1. The fourth-order valence-electron chi connectivity index (χ4n) is 0.776. The predicted molar refractivity (Wildman–Crippen MR) is 34.5 cm³/mol. The van der Waals surface area contributed by atoms with Crippen molar-refractivity contribution in [2.75, 3.05) is 0 Å². The van der Waals surface area contributed by atoms with Crippen LogP contribution in [0, 0.1) is 0 Å². The number of hydrogen-bond acceptors (Lipinski definition) is 3. The third-order valence-corrected chi connectivity index (χ3v) is 1.23. The Bertz CT molecular complexity index is 401. The lowest BCUT2D eigenvalue weighted by atomic mass is 10.6. The molecule has 50 valence electrons. The Balaban J connectivity index is 3.09. The maximum atomic E-state index is 10.9. The van der Waals surface area contributed by atoms with Crippen LogP contribution >= 0.6 is 0 Å². The maximum Gasteiger partial charge on any atom is 0.276 e. The lowest BCUT2D eigenvalue weighted by molar-refractivity contribution is 1.15. The summed E-state index contributed by atoms with van der Waals surface area (Å²) in [6.45, 7) is 0. The van der Waals surface area contributed by atoms with Gasteiger partial charge in [0.1, 0.15) is 0 Å². The van der Waals surface area contributed by atoms with Crippen molar-refractivity contribution in [2.45, 2.75) is 0 Å². The summed E-state index contributed by atoms with van der Waals surface area (Å²) in [5.41, 5.74) is 0.675. The van der Waals surface area contributed by atoms with Gasteiger partial charge in [0, 0.05) is 0 Å². The van der Waals surface area contributed by atoms with E-state index in [2.05, 4.69) is 19.9 Å². The van der Waals surface area contributed by atoms with E-state index < -0.39 is 0 Å². The van der Waals surface area contributed by atoms with Gasteiger partial charge in [-0.05, 0) is 0 Å². The number of rotatable bonds is 0. The van der Waals surface area contributed by atoms with Crippen molar-refractivity contribution in [3.8, 4) is 0 Å². The highest BCUT2D eigenvalue weighted by Crippen LogP contribution is 1.94. The van der Waals surface area contributed by atoms with Crippen LogP contribution in [0.5, 0.6) is 0 Å². The molecule has 0 aliphatic rings. The number of H-pyrrole nitrogens is 2. The minimum Gasteiger partial charge on any atom is -0.339 e. The summed E-state index contributed by atoms with van der Waals surface area (Å²) in [4.78, 5) is 23.6. The first-order valence-corrected chi connectivity index (χ1v) is 2.75. The molecule has 5 heteroatoms. The van der Waals surface area contributed by atoms with Crippen LogP contribution in [-0.2, 0) is 0 Å². The predicted octanol–water partition coefficient (Wildman–Crippen LogP) is -0.354. The lowest BCUT2D eigenvalue weighted by Crippen LogP contribution is -2.05. The molecular weight excluding hydrogens is 133 g/mol. The molecule has 2 rings (SSSR count). The van der Waals surface area contributed by atoms with E-state index >= 15 is 0 Å². The molecule has 10 heavy (non-hydrogen) atoms. The van der Waals surface area contributed by atoms with Crippen molar-refractivity contribution in [2.24, 2.45) is 0 Å². The number of imidazole rings is 1. The number of nitrogens with zero attached hydrogens (tertiary/aromatic N) is 2. The summed E-state index contributed by atoms with van der Waals surface area (Å²) in [5.74, 6) is 0. The van der Waals surface area contributed by atoms with Crippen LogP contribution in [0.25, 0.3) is 11.2 Å². The Morgan fingerprint density at radius 3 is 2.60 bits per heavy atom. The van der Waals surface area contributed by atoms with Gasteiger partial charge in [0.25, 0.3) is 5.56 Å². The van der Waals surface area contributed by atoms with E-state index in [0.717, 1.165) is 0 Å². The molecule has 0 aromatic carbocycles. The number of fused-ring (bicyclic) bond motifs is 1. The van der Waals surface area contributed by atoms with Gasteiger partial charge in [0.2, 0.25) is 0 Å². The largest absolute Gasteiger partial charge is 0.339 e. The Kier molecular flexibility index (Phi) is 0.858. The zero-order chi connectivity index (χ0) is 6.97. The number of nitrogens with one attached hydrogen (secondary N) is 2. The minimum absolute atomic E-state index is 0.192. The summed E-state index contributed by atoms with van der Waals surface area (Å²) >= 11 is 0. The van der Waals surface area contributed by atoms with E-state index in [4.69, 9.17) is 0 Å². The van der Waals surface area contributed by atoms with Crippen LogP contribution in [-0.4, -0.2) is 19.9 Å². The molecule has 2 aromatic heterocycles. The van der Waals surface area contributed by atoms with Crippen molar-refractivity contribution >= 4 is 11.2 Å². The topological polar surface area (TPSA) is 74.4 Å². The van der Waals surface area contributed by atoms with Crippen LogP contribution in [0.4, 0.5) is 0 Å². The minimum atomic E-state index is -0.192. The molecule has 0 saturated carbocycles. The summed E-state index contributed by atoms with van der Waals surface area (Å²) in [6.07, 6.45) is 2.76. The van der Waals surface area contributed by atoms with Crippen molar-refractivity contribution < 1.29 is 0 Å². The van der Waals surface area contributed by atoms with Crippen molar-refractivity contribution in [3.63, 3.8) is 0 Å². The molecule has 5 nitrogen and oxygen atoms in total. The van der Waals surface area contributed by atoms with E-state index in [1.807, 2.05) is 0 Å². The fourth-order valence-corrected chi connectivity index (χ4v) is 0.776. The molecule has 2 N–H and O–H groups in total. The Labute approximate surface area is 55.1 Å². The fraction of sp³-hybridized carbons (Fsp3) is 0. The summed E-state index contributed by atoms with van der Waals surface area (Å²) < 4.78 is 0. The smallest absolute Gasteiger partial charge is 0.276 e. The van der Waals surface area contributed by atoms with Crippen LogP contribution in [0.3, 0.4) is 0 Å². The second kappa shape index (κ2) is 1.66.